The Morgan fingerprint density at radius 3 is 2.58 bits per heavy atom. The molecule has 0 aliphatic carbocycles. The lowest BCUT2D eigenvalue weighted by Crippen LogP contribution is -2.53. The Morgan fingerprint density at radius 2 is 2.00 bits per heavy atom. The predicted molar refractivity (Wildman–Crippen MR) is 79.2 cm³/mol. The van der Waals surface area contributed by atoms with Gasteiger partial charge in [0.2, 0.25) is 0 Å². The summed E-state index contributed by atoms with van der Waals surface area (Å²) >= 11 is 0. The Labute approximate surface area is 117 Å². The fourth-order valence-electron chi connectivity index (χ4n) is 3.45. The van der Waals surface area contributed by atoms with Crippen LogP contribution in [0.1, 0.15) is 46.5 Å². The molecule has 1 N–H and O–H groups in total. The van der Waals surface area contributed by atoms with Gasteiger partial charge in [0.05, 0.1) is 11.5 Å². The molecule has 0 amide bonds. The second-order valence-electron chi connectivity index (χ2n) is 6.58. The summed E-state index contributed by atoms with van der Waals surface area (Å²) in [7, 11) is -2.81. The summed E-state index contributed by atoms with van der Waals surface area (Å²) in [5.41, 5.74) is -0.131. The van der Waals surface area contributed by atoms with Crippen LogP contribution in [0.4, 0.5) is 0 Å². The lowest BCUT2D eigenvalue weighted by molar-refractivity contribution is 0.101. The van der Waals surface area contributed by atoms with Crippen LogP contribution in [-0.2, 0) is 9.84 Å². The highest BCUT2D eigenvalue weighted by Crippen LogP contribution is 2.30. The molecule has 2 rings (SSSR count). The van der Waals surface area contributed by atoms with Crippen molar-refractivity contribution >= 4 is 9.84 Å². The molecule has 0 aromatic rings. The number of sulfone groups is 1. The first-order valence-electron chi connectivity index (χ1n) is 7.56. The lowest BCUT2D eigenvalue weighted by Gasteiger charge is -2.41. The van der Waals surface area contributed by atoms with Gasteiger partial charge in [-0.3, -0.25) is 4.90 Å². The van der Waals surface area contributed by atoms with Crippen LogP contribution in [-0.4, -0.2) is 55.5 Å². The van der Waals surface area contributed by atoms with Gasteiger partial charge >= 0.3 is 0 Å². The quantitative estimate of drug-likeness (QED) is 0.835. The SMILES string of the molecule is CCC1CCN(C2(C)CCS(=O)(=O)C2)CCC(C)N1. The maximum Gasteiger partial charge on any atom is 0.152 e. The van der Waals surface area contributed by atoms with E-state index in [-0.39, 0.29) is 5.54 Å². The predicted octanol–water partition coefficient (Wildman–Crippen LogP) is 1.42. The monoisotopic (exact) mass is 288 g/mol. The highest BCUT2D eigenvalue weighted by atomic mass is 32.2. The number of hydrogen-bond donors (Lipinski definition) is 1. The van der Waals surface area contributed by atoms with E-state index >= 15 is 0 Å². The van der Waals surface area contributed by atoms with Gasteiger partial charge in [-0.1, -0.05) is 6.92 Å². The van der Waals surface area contributed by atoms with E-state index in [1.54, 1.807) is 0 Å². The van der Waals surface area contributed by atoms with E-state index in [2.05, 4.69) is 31.0 Å². The molecule has 3 atom stereocenters. The Hall–Kier alpha value is -0.130. The van der Waals surface area contributed by atoms with Crippen LogP contribution >= 0.6 is 0 Å². The molecule has 0 radical (unpaired) electrons. The normalized spacial score (nSPS) is 40.8. The molecule has 3 unspecified atom stereocenters. The van der Waals surface area contributed by atoms with Gasteiger partial charge in [0.25, 0.3) is 0 Å². The van der Waals surface area contributed by atoms with Gasteiger partial charge in [-0.15, -0.1) is 0 Å². The zero-order valence-electron chi connectivity index (χ0n) is 12.5. The van der Waals surface area contributed by atoms with E-state index in [0.29, 0.717) is 23.6 Å². The van der Waals surface area contributed by atoms with Crippen LogP contribution in [0, 0.1) is 0 Å². The fourth-order valence-corrected chi connectivity index (χ4v) is 5.62. The number of hydrogen-bond acceptors (Lipinski definition) is 4. The molecule has 2 heterocycles. The average Bonchev–Trinajstić information content (AvgIpc) is 2.59. The first kappa shape index (κ1) is 15.3. The van der Waals surface area contributed by atoms with Crippen LogP contribution in [0.25, 0.3) is 0 Å². The Kier molecular flexibility index (Phi) is 4.58. The fraction of sp³-hybridized carbons (Fsp3) is 1.00. The van der Waals surface area contributed by atoms with Crippen molar-refractivity contribution in [3.05, 3.63) is 0 Å². The Bertz CT molecular complexity index is 410. The van der Waals surface area contributed by atoms with E-state index < -0.39 is 9.84 Å². The van der Waals surface area contributed by atoms with Crippen molar-refractivity contribution in [3.63, 3.8) is 0 Å². The maximum atomic E-state index is 11.8. The molecule has 5 heteroatoms. The number of nitrogens with one attached hydrogen (secondary N) is 1. The Balaban J connectivity index is 2.06. The van der Waals surface area contributed by atoms with Crippen LogP contribution in [0.5, 0.6) is 0 Å². The van der Waals surface area contributed by atoms with Crippen LogP contribution in [0.3, 0.4) is 0 Å². The van der Waals surface area contributed by atoms with Gasteiger partial charge < -0.3 is 5.32 Å². The van der Waals surface area contributed by atoms with Crippen molar-refractivity contribution in [2.45, 2.75) is 64.1 Å². The smallest absolute Gasteiger partial charge is 0.152 e. The van der Waals surface area contributed by atoms with Gasteiger partial charge in [0.1, 0.15) is 0 Å². The van der Waals surface area contributed by atoms with Gasteiger partial charge in [-0.25, -0.2) is 8.42 Å². The van der Waals surface area contributed by atoms with Crippen molar-refractivity contribution < 1.29 is 8.42 Å². The van der Waals surface area contributed by atoms with E-state index in [4.69, 9.17) is 0 Å². The Morgan fingerprint density at radius 1 is 1.32 bits per heavy atom. The zero-order chi connectivity index (χ0) is 14.1. The van der Waals surface area contributed by atoms with Crippen molar-refractivity contribution in [2.24, 2.45) is 0 Å². The van der Waals surface area contributed by atoms with Gasteiger partial charge in [-0.2, -0.15) is 0 Å². The van der Waals surface area contributed by atoms with E-state index in [1.165, 1.54) is 0 Å². The highest BCUT2D eigenvalue weighted by molar-refractivity contribution is 7.91. The summed E-state index contributed by atoms with van der Waals surface area (Å²) in [6.45, 7) is 8.62. The molecule has 2 aliphatic rings. The second-order valence-corrected chi connectivity index (χ2v) is 8.76. The summed E-state index contributed by atoms with van der Waals surface area (Å²) in [6, 6.07) is 1.09. The van der Waals surface area contributed by atoms with Gasteiger partial charge in [0, 0.05) is 30.7 Å². The summed E-state index contributed by atoms with van der Waals surface area (Å²) in [6.07, 6.45) is 4.17. The lowest BCUT2D eigenvalue weighted by atomic mass is 9.96. The zero-order valence-corrected chi connectivity index (χ0v) is 13.3. The molecular weight excluding hydrogens is 260 g/mol. The molecule has 4 nitrogen and oxygen atoms in total. The third-order valence-corrected chi connectivity index (χ3v) is 6.73. The highest BCUT2D eigenvalue weighted by Gasteiger charge is 2.42. The van der Waals surface area contributed by atoms with E-state index in [0.717, 1.165) is 38.8 Å². The summed E-state index contributed by atoms with van der Waals surface area (Å²) < 4.78 is 23.6. The second kappa shape index (κ2) is 5.70. The molecule has 2 saturated heterocycles. The third-order valence-electron chi connectivity index (χ3n) is 4.84. The van der Waals surface area contributed by atoms with Crippen LogP contribution < -0.4 is 5.32 Å². The summed E-state index contributed by atoms with van der Waals surface area (Å²) in [5.74, 6) is 0.712. The molecule has 2 fully saturated rings. The molecule has 0 bridgehead atoms. The average molecular weight is 288 g/mol. The molecule has 0 aromatic heterocycles. The summed E-state index contributed by atoms with van der Waals surface area (Å²) in [4.78, 5) is 2.44. The maximum absolute atomic E-state index is 11.8. The summed E-state index contributed by atoms with van der Waals surface area (Å²) in [5, 5.41) is 3.66. The largest absolute Gasteiger partial charge is 0.311 e. The van der Waals surface area contributed by atoms with Crippen LogP contribution in [0.15, 0.2) is 0 Å². The van der Waals surface area contributed by atoms with Gasteiger partial charge in [0.15, 0.2) is 9.84 Å². The number of nitrogens with zero attached hydrogens (tertiary/aromatic N) is 1. The molecular formula is C14H28N2O2S. The van der Waals surface area contributed by atoms with Crippen molar-refractivity contribution in [1.82, 2.24) is 10.2 Å². The first-order valence-corrected chi connectivity index (χ1v) is 9.38. The van der Waals surface area contributed by atoms with Crippen molar-refractivity contribution in [1.29, 1.82) is 0 Å². The minimum Gasteiger partial charge on any atom is -0.311 e. The third kappa shape index (κ3) is 3.70. The first-order chi connectivity index (χ1) is 8.85. The minimum absolute atomic E-state index is 0.131. The van der Waals surface area contributed by atoms with Crippen LogP contribution in [0.2, 0.25) is 0 Å². The standard InChI is InChI=1S/C14H28N2O2S/c1-4-13-6-9-16(8-5-12(2)15-13)14(3)7-10-19(17,18)11-14/h12-13,15H,4-11H2,1-3H3. The van der Waals surface area contributed by atoms with Gasteiger partial charge in [-0.05, 0) is 39.5 Å². The molecule has 19 heavy (non-hydrogen) atoms. The minimum atomic E-state index is -2.81. The van der Waals surface area contributed by atoms with Crippen molar-refractivity contribution in [3.8, 4) is 0 Å². The number of rotatable bonds is 2. The van der Waals surface area contributed by atoms with Crippen molar-refractivity contribution in [2.75, 3.05) is 24.6 Å². The molecule has 2 aliphatic heterocycles. The van der Waals surface area contributed by atoms with E-state index in [9.17, 15) is 8.42 Å². The molecule has 0 saturated carbocycles. The topological polar surface area (TPSA) is 49.4 Å². The molecule has 112 valence electrons. The van der Waals surface area contributed by atoms with E-state index in [1.807, 2.05) is 0 Å². The molecule has 0 spiro atoms. The molecule has 0 aromatic carbocycles.